The summed E-state index contributed by atoms with van der Waals surface area (Å²) in [7, 11) is 0. The third-order valence-corrected chi connectivity index (χ3v) is 8.45. The number of rotatable bonds is 5. The van der Waals surface area contributed by atoms with E-state index in [1.54, 1.807) is 0 Å². The molecule has 0 radical (unpaired) electrons. The normalized spacial score (nSPS) is 25.2. The van der Waals surface area contributed by atoms with Gasteiger partial charge in [0.25, 0.3) is 0 Å². The van der Waals surface area contributed by atoms with E-state index in [-0.39, 0.29) is 11.3 Å². The van der Waals surface area contributed by atoms with Crippen molar-refractivity contribution in [1.29, 1.82) is 5.41 Å². The fourth-order valence-electron chi connectivity index (χ4n) is 6.24. The van der Waals surface area contributed by atoms with Gasteiger partial charge in [0.2, 0.25) is 0 Å². The van der Waals surface area contributed by atoms with Crippen LogP contribution in [-0.4, -0.2) is 65.4 Å². The Morgan fingerprint density at radius 3 is 2.46 bits per heavy atom. The van der Waals surface area contributed by atoms with Gasteiger partial charge in [-0.3, -0.25) is 10.3 Å². The van der Waals surface area contributed by atoms with Crippen LogP contribution in [0.15, 0.2) is 40.6 Å². The van der Waals surface area contributed by atoms with Crippen molar-refractivity contribution in [2.45, 2.75) is 84.0 Å². The quantitative estimate of drug-likeness (QED) is 0.413. The molecular weight excluding hydrogens is 477 g/mol. The molecule has 204 valence electrons. The van der Waals surface area contributed by atoms with Crippen LogP contribution in [0.2, 0.25) is 0 Å². The largest absolute Gasteiger partial charge is 0.507 e. The zero-order valence-electron chi connectivity index (χ0n) is 22.3. The number of hydrogen-bond acceptors (Lipinski definition) is 5. The van der Waals surface area contributed by atoms with E-state index in [1.165, 1.54) is 36.6 Å². The minimum absolute atomic E-state index is 0.0875. The van der Waals surface area contributed by atoms with Crippen LogP contribution in [0.25, 0.3) is 0 Å². The van der Waals surface area contributed by atoms with Crippen molar-refractivity contribution in [3.8, 4) is 5.75 Å². The predicted octanol–water partition coefficient (Wildman–Crippen LogP) is 6.09. The molecule has 1 unspecified atom stereocenters. The number of benzene rings is 1. The van der Waals surface area contributed by atoms with Gasteiger partial charge >= 0.3 is 6.18 Å². The van der Waals surface area contributed by atoms with Gasteiger partial charge < -0.3 is 15.3 Å². The Morgan fingerprint density at radius 2 is 1.81 bits per heavy atom. The topological polar surface area (TPSA) is 62.6 Å². The maximum Gasteiger partial charge on any atom is 0.416 e. The van der Waals surface area contributed by atoms with Crippen LogP contribution in [0.1, 0.15) is 76.8 Å². The lowest BCUT2D eigenvalue weighted by atomic mass is 9.86. The number of aromatic hydroxyl groups is 1. The van der Waals surface area contributed by atoms with Gasteiger partial charge in [0.05, 0.1) is 11.3 Å². The molecule has 0 bridgehead atoms. The highest BCUT2D eigenvalue weighted by Crippen LogP contribution is 2.38. The minimum Gasteiger partial charge on any atom is -0.507 e. The first kappa shape index (κ1) is 27.7. The standard InChI is InChI=1S/C29H41F3N4O/c1-4-19(2)28-24(20(3)27(33)25-10-9-21(17-26(25)37)29(30,31)32)8-6-16-36(28)23-7-5-15-35(18-23)22-11-13-34-14-12-22/h9-10,17,22-23,33-34,37H,4-8,11-16,18H2,1-3H3/b24-20-,28-19-,33-27?. The van der Waals surface area contributed by atoms with Crippen LogP contribution in [0.5, 0.6) is 5.75 Å². The molecule has 0 saturated carbocycles. The van der Waals surface area contributed by atoms with Crippen LogP contribution >= 0.6 is 0 Å². The zero-order valence-corrected chi connectivity index (χ0v) is 22.3. The monoisotopic (exact) mass is 518 g/mol. The molecule has 0 spiro atoms. The summed E-state index contributed by atoms with van der Waals surface area (Å²) in [5.41, 5.74) is 3.62. The maximum atomic E-state index is 13.1. The van der Waals surface area contributed by atoms with E-state index in [1.807, 2.05) is 6.92 Å². The Morgan fingerprint density at radius 1 is 1.08 bits per heavy atom. The second kappa shape index (κ2) is 11.6. The van der Waals surface area contributed by atoms with Crippen molar-refractivity contribution in [3.05, 3.63) is 51.7 Å². The fraction of sp³-hybridized carbons (Fsp3) is 0.621. The van der Waals surface area contributed by atoms with E-state index in [4.69, 9.17) is 5.41 Å². The Bertz CT molecular complexity index is 1060. The number of allylic oxidation sites excluding steroid dienone is 3. The molecule has 1 aromatic carbocycles. The summed E-state index contributed by atoms with van der Waals surface area (Å²) in [5.74, 6) is -0.505. The third-order valence-electron chi connectivity index (χ3n) is 8.45. The van der Waals surface area contributed by atoms with Crippen molar-refractivity contribution in [2.75, 3.05) is 32.7 Å². The summed E-state index contributed by atoms with van der Waals surface area (Å²) in [5, 5.41) is 22.7. The van der Waals surface area contributed by atoms with Gasteiger partial charge in [0.15, 0.2) is 0 Å². The predicted molar refractivity (Wildman–Crippen MR) is 142 cm³/mol. The summed E-state index contributed by atoms with van der Waals surface area (Å²) in [6, 6.07) is 3.94. The van der Waals surface area contributed by atoms with Crippen molar-refractivity contribution in [3.63, 3.8) is 0 Å². The van der Waals surface area contributed by atoms with E-state index in [9.17, 15) is 18.3 Å². The molecule has 5 nitrogen and oxygen atoms in total. The number of phenols is 1. The van der Waals surface area contributed by atoms with Crippen LogP contribution in [0, 0.1) is 5.41 Å². The molecule has 3 saturated heterocycles. The van der Waals surface area contributed by atoms with Crippen LogP contribution in [0.3, 0.4) is 0 Å². The number of alkyl halides is 3. The summed E-state index contributed by atoms with van der Waals surface area (Å²) in [6.07, 6.45) is 2.87. The lowest BCUT2D eigenvalue weighted by Crippen LogP contribution is -2.53. The molecule has 4 rings (SSSR count). The number of phenolic OH excluding ortho intramolecular Hbond substituents is 1. The lowest BCUT2D eigenvalue weighted by Gasteiger charge is -2.47. The van der Waals surface area contributed by atoms with Crippen molar-refractivity contribution in [2.24, 2.45) is 0 Å². The number of piperidine rings is 3. The molecule has 0 aromatic heterocycles. The van der Waals surface area contributed by atoms with Gasteiger partial charge in [-0.15, -0.1) is 0 Å². The summed E-state index contributed by atoms with van der Waals surface area (Å²) >= 11 is 0. The summed E-state index contributed by atoms with van der Waals surface area (Å²) in [4.78, 5) is 5.25. The van der Waals surface area contributed by atoms with Gasteiger partial charge in [-0.2, -0.15) is 13.2 Å². The second-order valence-corrected chi connectivity index (χ2v) is 10.8. The van der Waals surface area contributed by atoms with Gasteiger partial charge in [-0.05, 0) is 113 Å². The molecule has 3 aliphatic heterocycles. The Labute approximate surface area is 218 Å². The molecule has 37 heavy (non-hydrogen) atoms. The molecule has 0 amide bonds. The minimum atomic E-state index is -4.54. The second-order valence-electron chi connectivity index (χ2n) is 10.8. The average molecular weight is 519 g/mol. The first-order valence-electron chi connectivity index (χ1n) is 13.7. The highest BCUT2D eigenvalue weighted by molar-refractivity contribution is 6.12. The van der Waals surface area contributed by atoms with Gasteiger partial charge in [-0.25, -0.2) is 0 Å². The highest BCUT2D eigenvalue weighted by Gasteiger charge is 2.35. The molecule has 3 heterocycles. The first-order valence-corrected chi connectivity index (χ1v) is 13.7. The Balaban J connectivity index is 1.63. The van der Waals surface area contributed by atoms with Crippen molar-refractivity contribution < 1.29 is 18.3 Å². The average Bonchev–Trinajstić information content (AvgIpc) is 2.91. The Kier molecular flexibility index (Phi) is 8.69. The van der Waals surface area contributed by atoms with Crippen LogP contribution in [0.4, 0.5) is 13.2 Å². The Hall–Kier alpha value is -2.32. The van der Waals surface area contributed by atoms with Crippen LogP contribution in [-0.2, 0) is 6.18 Å². The summed E-state index contributed by atoms with van der Waals surface area (Å²) < 4.78 is 39.3. The number of likely N-dealkylation sites (tertiary alicyclic amines) is 2. The lowest BCUT2D eigenvalue weighted by molar-refractivity contribution is -0.137. The van der Waals surface area contributed by atoms with Gasteiger partial charge in [0.1, 0.15) is 5.75 Å². The van der Waals surface area contributed by atoms with Crippen molar-refractivity contribution in [1.82, 2.24) is 15.1 Å². The van der Waals surface area contributed by atoms with E-state index in [0.717, 1.165) is 81.7 Å². The molecule has 8 heteroatoms. The first-order chi connectivity index (χ1) is 17.6. The van der Waals surface area contributed by atoms with E-state index >= 15 is 0 Å². The van der Waals surface area contributed by atoms with Gasteiger partial charge in [-0.1, -0.05) is 6.92 Å². The molecule has 1 atom stereocenters. The van der Waals surface area contributed by atoms with Gasteiger partial charge in [0, 0.05) is 36.4 Å². The number of halogens is 3. The molecule has 1 aromatic rings. The number of hydrogen-bond donors (Lipinski definition) is 3. The molecule has 3 fully saturated rings. The smallest absolute Gasteiger partial charge is 0.416 e. The number of nitrogens with one attached hydrogen (secondary N) is 2. The fourth-order valence-corrected chi connectivity index (χ4v) is 6.24. The SMILES string of the molecule is CC/C(C)=C1/C(=C(/C)C(=N)c2ccc(C(F)(F)F)cc2O)CCCN1C1CCCN(C2CCNCC2)C1. The molecule has 3 aliphatic rings. The summed E-state index contributed by atoms with van der Waals surface area (Å²) in [6.45, 7) is 11.5. The molecule has 3 N–H and O–H groups in total. The van der Waals surface area contributed by atoms with Crippen molar-refractivity contribution >= 4 is 5.71 Å². The molecular formula is C29H41F3N4O. The van der Waals surface area contributed by atoms with Crippen LogP contribution < -0.4 is 5.32 Å². The zero-order chi connectivity index (χ0) is 26.7. The van der Waals surface area contributed by atoms with E-state index in [2.05, 4.69) is 29.0 Å². The van der Waals surface area contributed by atoms with E-state index < -0.39 is 17.5 Å². The third kappa shape index (κ3) is 6.06. The van der Waals surface area contributed by atoms with E-state index in [0.29, 0.717) is 12.1 Å². The highest BCUT2D eigenvalue weighted by atomic mass is 19.4. The molecule has 0 aliphatic carbocycles. The number of nitrogens with zero attached hydrogens (tertiary/aromatic N) is 2. The maximum absolute atomic E-state index is 13.1.